The van der Waals surface area contributed by atoms with Crippen LogP contribution in [0.1, 0.15) is 11.1 Å². The fraction of sp³-hybridized carbons (Fsp3) is 0.238. The Labute approximate surface area is 177 Å². The van der Waals surface area contributed by atoms with Crippen molar-refractivity contribution in [3.63, 3.8) is 0 Å². The smallest absolute Gasteiger partial charge is 0.260 e. The second-order valence-corrected chi connectivity index (χ2v) is 7.44. The molecule has 144 valence electrons. The van der Waals surface area contributed by atoms with Crippen LogP contribution in [0.4, 0.5) is 0 Å². The lowest BCUT2D eigenvalue weighted by Gasteiger charge is -2.26. The molecule has 2 aromatic carbocycles. The Morgan fingerprint density at radius 1 is 1.25 bits per heavy atom. The highest BCUT2D eigenvalue weighted by Crippen LogP contribution is 2.28. The van der Waals surface area contributed by atoms with Crippen LogP contribution in [0.3, 0.4) is 0 Å². The number of halogens is 2. The highest BCUT2D eigenvalue weighted by atomic mass is 79.9. The average Bonchev–Trinajstić information content (AvgIpc) is 2.72. The molecule has 1 aliphatic rings. The summed E-state index contributed by atoms with van der Waals surface area (Å²) in [5.41, 5.74) is 2.16. The largest absolute Gasteiger partial charge is 0.483 e. The van der Waals surface area contributed by atoms with E-state index in [1.165, 1.54) is 0 Å². The molecule has 5 nitrogen and oxygen atoms in total. The maximum Gasteiger partial charge on any atom is 0.260 e. The molecule has 1 saturated heterocycles. The summed E-state index contributed by atoms with van der Waals surface area (Å²) in [4.78, 5) is 13.9. The minimum absolute atomic E-state index is 0.0258. The van der Waals surface area contributed by atoms with Crippen molar-refractivity contribution in [2.24, 2.45) is 0 Å². The highest BCUT2D eigenvalue weighted by Gasteiger charge is 2.17. The molecule has 0 unspecified atom stereocenters. The number of allylic oxidation sites excluding steroid dienone is 1. The number of carbonyl (C=O) groups is 1. The van der Waals surface area contributed by atoms with E-state index in [1.807, 2.05) is 12.1 Å². The zero-order valence-electron chi connectivity index (χ0n) is 15.0. The summed E-state index contributed by atoms with van der Waals surface area (Å²) in [5.74, 6) is 0.512. The van der Waals surface area contributed by atoms with E-state index in [2.05, 4.69) is 22.0 Å². The van der Waals surface area contributed by atoms with Crippen molar-refractivity contribution in [3.8, 4) is 11.8 Å². The summed E-state index contributed by atoms with van der Waals surface area (Å²) in [7, 11) is 0. The SMILES string of the molecule is N#C/C(=C/c1ccc(OCC(=O)N2CCOCC2)c(Br)c1)c1ccc(Cl)cc1. The first-order valence-corrected chi connectivity index (χ1v) is 9.89. The standard InChI is InChI=1S/C21H18BrClN2O3/c22-19-12-15(11-17(13-24)16-2-4-18(23)5-3-16)1-6-20(19)28-14-21(26)25-7-9-27-10-8-25/h1-6,11-12H,7-10,14H2/b17-11-. The Balaban J connectivity index is 1.68. The summed E-state index contributed by atoms with van der Waals surface area (Å²) < 4.78 is 11.6. The summed E-state index contributed by atoms with van der Waals surface area (Å²) in [6.45, 7) is 2.28. The Bertz CT molecular complexity index is 916. The van der Waals surface area contributed by atoms with E-state index in [1.54, 1.807) is 41.3 Å². The minimum Gasteiger partial charge on any atom is -0.483 e. The van der Waals surface area contributed by atoms with Gasteiger partial charge in [-0.3, -0.25) is 4.79 Å². The van der Waals surface area contributed by atoms with E-state index in [-0.39, 0.29) is 12.5 Å². The van der Waals surface area contributed by atoms with Crippen LogP contribution in [-0.4, -0.2) is 43.7 Å². The Morgan fingerprint density at radius 2 is 1.96 bits per heavy atom. The molecule has 1 fully saturated rings. The van der Waals surface area contributed by atoms with E-state index in [0.29, 0.717) is 47.1 Å². The number of nitrogens with zero attached hydrogens (tertiary/aromatic N) is 2. The van der Waals surface area contributed by atoms with Gasteiger partial charge < -0.3 is 14.4 Å². The molecule has 1 aliphatic heterocycles. The maximum atomic E-state index is 12.2. The van der Waals surface area contributed by atoms with Gasteiger partial charge in [0.15, 0.2) is 6.61 Å². The van der Waals surface area contributed by atoms with Crippen molar-refractivity contribution in [3.05, 3.63) is 63.1 Å². The third kappa shape index (κ3) is 5.35. The summed E-state index contributed by atoms with van der Waals surface area (Å²) in [6, 6.07) is 14.8. The Kier molecular flexibility index (Phi) is 7.10. The quantitative estimate of drug-likeness (QED) is 0.489. The number of ether oxygens (including phenoxy) is 2. The van der Waals surface area contributed by atoms with Gasteiger partial charge in [-0.1, -0.05) is 29.8 Å². The van der Waals surface area contributed by atoms with Crippen LogP contribution in [0.25, 0.3) is 11.6 Å². The van der Waals surface area contributed by atoms with E-state index in [9.17, 15) is 10.1 Å². The molecule has 2 aromatic rings. The molecule has 3 rings (SSSR count). The van der Waals surface area contributed by atoms with Crippen molar-refractivity contribution in [2.45, 2.75) is 0 Å². The van der Waals surface area contributed by atoms with Crippen LogP contribution in [0.5, 0.6) is 5.75 Å². The lowest BCUT2D eigenvalue weighted by atomic mass is 10.0. The third-order valence-electron chi connectivity index (χ3n) is 4.26. The fourth-order valence-corrected chi connectivity index (χ4v) is 3.38. The van der Waals surface area contributed by atoms with Crippen molar-refractivity contribution in [1.29, 1.82) is 5.26 Å². The minimum atomic E-state index is -0.0614. The van der Waals surface area contributed by atoms with E-state index in [0.717, 1.165) is 11.1 Å². The van der Waals surface area contributed by atoms with Gasteiger partial charge in [0, 0.05) is 18.1 Å². The lowest BCUT2D eigenvalue weighted by Crippen LogP contribution is -2.43. The number of rotatable bonds is 5. The first-order valence-electron chi connectivity index (χ1n) is 8.72. The van der Waals surface area contributed by atoms with Gasteiger partial charge in [-0.15, -0.1) is 0 Å². The molecule has 7 heteroatoms. The maximum absolute atomic E-state index is 12.2. The van der Waals surface area contributed by atoms with Crippen LogP contribution in [0, 0.1) is 11.3 Å². The molecule has 0 bridgehead atoms. The van der Waals surface area contributed by atoms with Crippen LogP contribution in [0.2, 0.25) is 5.02 Å². The van der Waals surface area contributed by atoms with E-state index in [4.69, 9.17) is 21.1 Å². The number of nitriles is 1. The Hall–Kier alpha value is -2.33. The topological polar surface area (TPSA) is 62.6 Å². The molecular formula is C21H18BrClN2O3. The molecule has 0 atom stereocenters. The van der Waals surface area contributed by atoms with E-state index < -0.39 is 0 Å². The van der Waals surface area contributed by atoms with E-state index >= 15 is 0 Å². The number of hydrogen-bond acceptors (Lipinski definition) is 4. The van der Waals surface area contributed by atoms with Crippen molar-refractivity contribution >= 4 is 45.1 Å². The normalized spacial score (nSPS) is 14.5. The first-order chi connectivity index (χ1) is 13.6. The van der Waals surface area contributed by atoms with Crippen LogP contribution < -0.4 is 4.74 Å². The molecule has 28 heavy (non-hydrogen) atoms. The zero-order valence-corrected chi connectivity index (χ0v) is 17.4. The molecular weight excluding hydrogens is 444 g/mol. The first kappa shape index (κ1) is 20.4. The number of hydrogen-bond donors (Lipinski definition) is 0. The van der Waals surface area contributed by atoms with Gasteiger partial charge in [0.05, 0.1) is 29.3 Å². The average molecular weight is 462 g/mol. The predicted octanol–water partition coefficient (Wildman–Crippen LogP) is 4.40. The van der Waals surface area contributed by atoms with Crippen molar-refractivity contribution in [2.75, 3.05) is 32.9 Å². The second-order valence-electron chi connectivity index (χ2n) is 6.15. The van der Waals surface area contributed by atoms with Crippen LogP contribution in [-0.2, 0) is 9.53 Å². The molecule has 0 aromatic heterocycles. The highest BCUT2D eigenvalue weighted by molar-refractivity contribution is 9.10. The summed E-state index contributed by atoms with van der Waals surface area (Å²) >= 11 is 9.38. The molecule has 0 radical (unpaired) electrons. The summed E-state index contributed by atoms with van der Waals surface area (Å²) in [5, 5.41) is 10.1. The zero-order chi connectivity index (χ0) is 19.9. The van der Waals surface area contributed by atoms with Crippen molar-refractivity contribution in [1.82, 2.24) is 4.90 Å². The van der Waals surface area contributed by atoms with Crippen LogP contribution >= 0.6 is 27.5 Å². The molecule has 1 amide bonds. The van der Waals surface area contributed by atoms with Gasteiger partial charge in [-0.2, -0.15) is 5.26 Å². The predicted molar refractivity (Wildman–Crippen MR) is 112 cm³/mol. The van der Waals surface area contributed by atoms with Gasteiger partial charge in [-0.05, 0) is 57.4 Å². The Morgan fingerprint density at radius 3 is 2.61 bits per heavy atom. The van der Waals surface area contributed by atoms with Gasteiger partial charge in [0.1, 0.15) is 5.75 Å². The number of morpholine rings is 1. The number of benzene rings is 2. The molecule has 1 heterocycles. The van der Waals surface area contributed by atoms with Gasteiger partial charge in [0.25, 0.3) is 5.91 Å². The van der Waals surface area contributed by atoms with Gasteiger partial charge in [0.2, 0.25) is 0 Å². The second kappa shape index (κ2) is 9.74. The lowest BCUT2D eigenvalue weighted by molar-refractivity contribution is -0.137. The van der Waals surface area contributed by atoms with Crippen LogP contribution in [0.15, 0.2) is 46.9 Å². The van der Waals surface area contributed by atoms with Crippen molar-refractivity contribution < 1.29 is 14.3 Å². The molecule has 0 spiro atoms. The summed E-state index contributed by atoms with van der Waals surface area (Å²) in [6.07, 6.45) is 1.79. The molecule has 0 saturated carbocycles. The monoisotopic (exact) mass is 460 g/mol. The number of amides is 1. The molecule has 0 N–H and O–H groups in total. The molecule has 0 aliphatic carbocycles. The van der Waals surface area contributed by atoms with Gasteiger partial charge in [-0.25, -0.2) is 0 Å². The fourth-order valence-electron chi connectivity index (χ4n) is 2.74. The third-order valence-corrected chi connectivity index (χ3v) is 5.13. The van der Waals surface area contributed by atoms with Gasteiger partial charge >= 0.3 is 0 Å². The number of carbonyl (C=O) groups excluding carboxylic acids is 1.